The summed E-state index contributed by atoms with van der Waals surface area (Å²) in [5.74, 6) is 1.30. The van der Waals surface area contributed by atoms with Crippen LogP contribution >= 0.6 is 0 Å². The van der Waals surface area contributed by atoms with Crippen molar-refractivity contribution in [1.29, 1.82) is 0 Å². The summed E-state index contributed by atoms with van der Waals surface area (Å²) >= 11 is 0. The van der Waals surface area contributed by atoms with Gasteiger partial charge in [-0.3, -0.25) is 0 Å². The van der Waals surface area contributed by atoms with Crippen molar-refractivity contribution in [1.82, 2.24) is 4.72 Å². The number of aryl methyl sites for hydroxylation is 2. The molecule has 1 N–H and O–H groups in total. The molecule has 1 heterocycles. The van der Waals surface area contributed by atoms with Gasteiger partial charge in [0.15, 0.2) is 0 Å². The van der Waals surface area contributed by atoms with Gasteiger partial charge in [-0.1, -0.05) is 48.0 Å². The molecule has 0 bridgehead atoms. The lowest BCUT2D eigenvalue weighted by Gasteiger charge is -2.17. The Kier molecular flexibility index (Phi) is 4.55. The van der Waals surface area contributed by atoms with Crippen LogP contribution in [0, 0.1) is 13.8 Å². The third-order valence-electron chi connectivity index (χ3n) is 3.78. The molecule has 3 aromatic rings. The zero-order valence-corrected chi connectivity index (χ0v) is 14.4. The molecule has 3 rings (SSSR count). The molecule has 0 aliphatic heterocycles. The molecule has 4 nitrogen and oxygen atoms in total. The fraction of sp³-hybridized carbons (Fsp3) is 0.158. The van der Waals surface area contributed by atoms with Crippen LogP contribution in [0.4, 0.5) is 0 Å². The number of hydrogen-bond acceptors (Lipinski definition) is 3. The lowest BCUT2D eigenvalue weighted by atomic mass is 10.1. The molecule has 24 heavy (non-hydrogen) atoms. The maximum Gasteiger partial charge on any atom is 0.241 e. The lowest BCUT2D eigenvalue weighted by molar-refractivity contribution is 0.451. The van der Waals surface area contributed by atoms with Gasteiger partial charge in [-0.25, -0.2) is 8.42 Å². The first-order chi connectivity index (χ1) is 11.5. The van der Waals surface area contributed by atoms with E-state index in [1.165, 1.54) is 0 Å². The maximum atomic E-state index is 12.8. The Morgan fingerprint density at radius 1 is 0.875 bits per heavy atom. The van der Waals surface area contributed by atoms with Crippen molar-refractivity contribution in [2.75, 3.05) is 0 Å². The van der Waals surface area contributed by atoms with Crippen molar-refractivity contribution < 1.29 is 12.8 Å². The molecule has 0 radical (unpaired) electrons. The molecule has 0 aliphatic carbocycles. The minimum atomic E-state index is -3.67. The van der Waals surface area contributed by atoms with Crippen molar-refractivity contribution >= 4 is 10.0 Å². The minimum Gasteiger partial charge on any atom is -0.464 e. The highest BCUT2D eigenvalue weighted by molar-refractivity contribution is 7.89. The quantitative estimate of drug-likeness (QED) is 0.764. The van der Waals surface area contributed by atoms with Crippen molar-refractivity contribution in [3.63, 3.8) is 0 Å². The monoisotopic (exact) mass is 341 g/mol. The van der Waals surface area contributed by atoms with Gasteiger partial charge in [-0.2, -0.15) is 4.72 Å². The van der Waals surface area contributed by atoms with Crippen LogP contribution in [0.2, 0.25) is 0 Å². The van der Waals surface area contributed by atoms with Crippen LogP contribution in [0.3, 0.4) is 0 Å². The van der Waals surface area contributed by atoms with E-state index in [4.69, 9.17) is 4.42 Å². The first-order valence-corrected chi connectivity index (χ1v) is 9.14. The van der Waals surface area contributed by atoms with Gasteiger partial charge in [0, 0.05) is 0 Å². The van der Waals surface area contributed by atoms with Crippen LogP contribution < -0.4 is 4.72 Å². The smallest absolute Gasteiger partial charge is 0.241 e. The van der Waals surface area contributed by atoms with E-state index in [0.29, 0.717) is 5.76 Å². The van der Waals surface area contributed by atoms with Gasteiger partial charge in [-0.15, -0.1) is 0 Å². The minimum absolute atomic E-state index is 0.234. The van der Waals surface area contributed by atoms with E-state index < -0.39 is 16.1 Å². The Morgan fingerprint density at radius 3 is 2.12 bits per heavy atom. The number of sulfonamides is 1. The van der Waals surface area contributed by atoms with Gasteiger partial charge in [-0.05, 0) is 43.7 Å². The molecule has 0 fully saturated rings. The van der Waals surface area contributed by atoms with Gasteiger partial charge >= 0.3 is 0 Å². The number of hydrogen-bond donors (Lipinski definition) is 1. The highest BCUT2D eigenvalue weighted by atomic mass is 32.2. The average molecular weight is 341 g/mol. The van der Waals surface area contributed by atoms with E-state index >= 15 is 0 Å². The highest BCUT2D eigenvalue weighted by Crippen LogP contribution is 2.26. The molecule has 0 unspecified atom stereocenters. The maximum absolute atomic E-state index is 12.8. The van der Waals surface area contributed by atoms with E-state index in [9.17, 15) is 8.42 Å². The third-order valence-corrected chi connectivity index (χ3v) is 5.22. The summed E-state index contributed by atoms with van der Waals surface area (Å²) in [6, 6.07) is 19.2. The summed E-state index contributed by atoms with van der Waals surface area (Å²) in [6.45, 7) is 3.75. The molecule has 0 saturated heterocycles. The van der Waals surface area contributed by atoms with Crippen LogP contribution in [-0.2, 0) is 10.0 Å². The van der Waals surface area contributed by atoms with Gasteiger partial charge in [0.2, 0.25) is 10.0 Å². The van der Waals surface area contributed by atoms with Crippen LogP contribution in [0.5, 0.6) is 0 Å². The van der Waals surface area contributed by atoms with E-state index in [1.807, 2.05) is 50.2 Å². The summed E-state index contributed by atoms with van der Waals surface area (Å²) < 4.78 is 33.9. The summed E-state index contributed by atoms with van der Waals surface area (Å²) in [5.41, 5.74) is 1.83. The molecule has 0 saturated carbocycles. The normalized spacial score (nSPS) is 12.9. The molecule has 1 aromatic heterocycles. The van der Waals surface area contributed by atoms with Crippen LogP contribution in [0.25, 0.3) is 0 Å². The first-order valence-electron chi connectivity index (χ1n) is 7.66. The fourth-order valence-corrected chi connectivity index (χ4v) is 3.68. The molecule has 5 heteroatoms. The molecular formula is C19H19NO3S. The summed E-state index contributed by atoms with van der Waals surface area (Å²) in [6.07, 6.45) is 0. The zero-order valence-electron chi connectivity index (χ0n) is 13.6. The Bertz CT molecular complexity index is 913. The predicted molar refractivity (Wildman–Crippen MR) is 93.2 cm³/mol. The van der Waals surface area contributed by atoms with Gasteiger partial charge in [0.25, 0.3) is 0 Å². The molecule has 0 aliphatic rings. The standard InChI is InChI=1S/C19H19NO3S/c1-14-8-11-17(12-9-14)24(21,22)20-19(16-6-4-3-5-7-16)18-13-10-15(2)23-18/h3-13,19-20H,1-2H3/t19-/m0/s1. The molecule has 0 amide bonds. The number of nitrogens with one attached hydrogen (secondary N) is 1. The van der Waals surface area contributed by atoms with E-state index in [0.717, 1.165) is 16.9 Å². The largest absolute Gasteiger partial charge is 0.464 e. The fourth-order valence-electron chi connectivity index (χ4n) is 2.49. The van der Waals surface area contributed by atoms with Crippen LogP contribution in [-0.4, -0.2) is 8.42 Å². The van der Waals surface area contributed by atoms with Gasteiger partial charge < -0.3 is 4.42 Å². The molecule has 2 aromatic carbocycles. The van der Waals surface area contributed by atoms with Crippen molar-refractivity contribution in [3.05, 3.63) is 89.4 Å². The predicted octanol–water partition coefficient (Wildman–Crippen LogP) is 3.96. The SMILES string of the molecule is Cc1ccc(S(=O)(=O)N[C@@H](c2ccccc2)c2ccc(C)o2)cc1. The van der Waals surface area contributed by atoms with Crippen molar-refractivity contribution in [2.24, 2.45) is 0 Å². The van der Waals surface area contributed by atoms with E-state index in [2.05, 4.69) is 4.72 Å². The van der Waals surface area contributed by atoms with E-state index in [-0.39, 0.29) is 4.90 Å². The second-order valence-electron chi connectivity index (χ2n) is 5.73. The molecule has 1 atom stereocenters. The first kappa shape index (κ1) is 16.5. The van der Waals surface area contributed by atoms with Crippen molar-refractivity contribution in [2.45, 2.75) is 24.8 Å². The molecular weight excluding hydrogens is 322 g/mol. The number of benzene rings is 2. The second kappa shape index (κ2) is 6.63. The van der Waals surface area contributed by atoms with Crippen LogP contribution in [0.1, 0.15) is 28.7 Å². The summed E-state index contributed by atoms with van der Waals surface area (Å²) in [7, 11) is -3.67. The second-order valence-corrected chi connectivity index (χ2v) is 7.44. The Morgan fingerprint density at radius 2 is 1.54 bits per heavy atom. The molecule has 124 valence electrons. The Labute approximate surface area is 142 Å². The summed E-state index contributed by atoms with van der Waals surface area (Å²) in [4.78, 5) is 0.234. The average Bonchev–Trinajstić information content (AvgIpc) is 3.00. The zero-order chi connectivity index (χ0) is 17.2. The van der Waals surface area contributed by atoms with Crippen molar-refractivity contribution in [3.8, 4) is 0 Å². The molecule has 0 spiro atoms. The van der Waals surface area contributed by atoms with E-state index in [1.54, 1.807) is 30.3 Å². The topological polar surface area (TPSA) is 59.3 Å². The lowest BCUT2D eigenvalue weighted by Crippen LogP contribution is -2.29. The van der Waals surface area contributed by atoms with Gasteiger partial charge in [0.1, 0.15) is 17.6 Å². The highest BCUT2D eigenvalue weighted by Gasteiger charge is 2.25. The number of rotatable bonds is 5. The third kappa shape index (κ3) is 3.58. The summed E-state index contributed by atoms with van der Waals surface area (Å²) in [5, 5.41) is 0. The van der Waals surface area contributed by atoms with Crippen LogP contribution in [0.15, 0.2) is 76.0 Å². The Hall–Kier alpha value is -2.37. The van der Waals surface area contributed by atoms with Gasteiger partial charge in [0.05, 0.1) is 4.90 Å². The number of furan rings is 1. The Balaban J connectivity index is 1.99.